The number of carbonyl (C=O) groups is 2. The van der Waals surface area contributed by atoms with Gasteiger partial charge in [-0.25, -0.2) is 4.79 Å². The standard InChI is InChI=1S/C6H10N2O3/c1-8-3-4(5(9)10)2-7-6(8)11/h4H,2-3H2,1H3,(H,7,11)(H,9,10). The first kappa shape index (κ1) is 7.84. The van der Waals surface area contributed by atoms with Crippen molar-refractivity contribution >= 4 is 12.0 Å². The molecule has 1 unspecified atom stereocenters. The molecule has 0 aromatic carbocycles. The van der Waals surface area contributed by atoms with Crippen molar-refractivity contribution in [1.29, 1.82) is 0 Å². The van der Waals surface area contributed by atoms with Gasteiger partial charge in [-0.15, -0.1) is 0 Å². The molecule has 5 heteroatoms. The molecule has 0 aliphatic carbocycles. The van der Waals surface area contributed by atoms with Crippen molar-refractivity contribution in [1.82, 2.24) is 10.2 Å². The number of rotatable bonds is 1. The monoisotopic (exact) mass is 158 g/mol. The minimum Gasteiger partial charge on any atom is -0.481 e. The van der Waals surface area contributed by atoms with Gasteiger partial charge in [0.2, 0.25) is 0 Å². The van der Waals surface area contributed by atoms with Crippen LogP contribution in [0.15, 0.2) is 0 Å². The normalized spacial score (nSPS) is 24.6. The molecule has 0 saturated carbocycles. The number of carboxylic acids is 1. The van der Waals surface area contributed by atoms with Crippen LogP contribution < -0.4 is 5.32 Å². The molecular weight excluding hydrogens is 148 g/mol. The van der Waals surface area contributed by atoms with Gasteiger partial charge in [0.15, 0.2) is 0 Å². The summed E-state index contributed by atoms with van der Waals surface area (Å²) in [5.41, 5.74) is 0. The van der Waals surface area contributed by atoms with Crippen molar-refractivity contribution in [3.63, 3.8) is 0 Å². The van der Waals surface area contributed by atoms with Crippen molar-refractivity contribution in [3.8, 4) is 0 Å². The number of nitrogens with zero attached hydrogens (tertiary/aromatic N) is 1. The molecule has 1 rings (SSSR count). The number of urea groups is 1. The largest absolute Gasteiger partial charge is 0.481 e. The zero-order valence-corrected chi connectivity index (χ0v) is 6.20. The molecule has 1 fully saturated rings. The fourth-order valence-electron chi connectivity index (χ4n) is 0.989. The number of amides is 2. The third kappa shape index (κ3) is 1.60. The van der Waals surface area contributed by atoms with Crippen molar-refractivity contribution in [2.24, 2.45) is 5.92 Å². The lowest BCUT2D eigenvalue weighted by Crippen LogP contribution is -2.51. The SMILES string of the molecule is CN1CC(C(=O)O)CNC1=O. The van der Waals surface area contributed by atoms with Gasteiger partial charge in [-0.05, 0) is 0 Å². The third-order valence-corrected chi connectivity index (χ3v) is 1.69. The third-order valence-electron chi connectivity index (χ3n) is 1.69. The molecule has 1 aliphatic rings. The summed E-state index contributed by atoms with van der Waals surface area (Å²) in [4.78, 5) is 22.6. The van der Waals surface area contributed by atoms with E-state index in [-0.39, 0.29) is 12.6 Å². The van der Waals surface area contributed by atoms with Crippen molar-refractivity contribution < 1.29 is 14.7 Å². The molecule has 2 N–H and O–H groups in total. The molecule has 62 valence electrons. The molecule has 1 aliphatic heterocycles. The Labute approximate surface area is 64.0 Å². The van der Waals surface area contributed by atoms with E-state index < -0.39 is 11.9 Å². The van der Waals surface area contributed by atoms with Gasteiger partial charge in [0.25, 0.3) is 0 Å². The van der Waals surface area contributed by atoms with Gasteiger partial charge in [0, 0.05) is 20.1 Å². The molecular formula is C6H10N2O3. The van der Waals surface area contributed by atoms with E-state index in [1.165, 1.54) is 4.90 Å². The summed E-state index contributed by atoms with van der Waals surface area (Å²) in [6, 6.07) is -0.206. The second-order valence-electron chi connectivity index (χ2n) is 2.60. The fourth-order valence-corrected chi connectivity index (χ4v) is 0.989. The summed E-state index contributed by atoms with van der Waals surface area (Å²) in [7, 11) is 1.57. The number of hydrogen-bond acceptors (Lipinski definition) is 2. The number of hydrogen-bond donors (Lipinski definition) is 2. The number of aliphatic carboxylic acids is 1. The van der Waals surface area contributed by atoms with Crippen molar-refractivity contribution in [2.75, 3.05) is 20.1 Å². The molecule has 11 heavy (non-hydrogen) atoms. The molecule has 5 nitrogen and oxygen atoms in total. The van der Waals surface area contributed by atoms with E-state index in [0.29, 0.717) is 6.54 Å². The average molecular weight is 158 g/mol. The van der Waals surface area contributed by atoms with Gasteiger partial charge in [-0.3, -0.25) is 4.79 Å². The Morgan fingerprint density at radius 2 is 2.45 bits per heavy atom. The zero-order valence-electron chi connectivity index (χ0n) is 6.20. The maximum atomic E-state index is 10.8. The predicted octanol–water partition coefficient (Wildman–Crippen LogP) is -0.658. The molecule has 0 spiro atoms. The second-order valence-corrected chi connectivity index (χ2v) is 2.60. The maximum absolute atomic E-state index is 10.8. The Hall–Kier alpha value is -1.26. The Morgan fingerprint density at radius 3 is 2.91 bits per heavy atom. The quantitative estimate of drug-likeness (QED) is 0.532. The lowest BCUT2D eigenvalue weighted by Gasteiger charge is -2.27. The maximum Gasteiger partial charge on any atom is 0.317 e. The number of nitrogens with one attached hydrogen (secondary N) is 1. The summed E-state index contributed by atoms with van der Waals surface area (Å²) in [6.45, 7) is 0.527. The highest BCUT2D eigenvalue weighted by Crippen LogP contribution is 2.03. The van der Waals surface area contributed by atoms with Crippen molar-refractivity contribution in [3.05, 3.63) is 0 Å². The smallest absolute Gasteiger partial charge is 0.317 e. The molecule has 1 heterocycles. The number of carbonyl (C=O) groups excluding carboxylic acids is 1. The molecule has 1 saturated heterocycles. The van der Waals surface area contributed by atoms with E-state index in [2.05, 4.69) is 5.32 Å². The molecule has 1 atom stereocenters. The van der Waals surface area contributed by atoms with E-state index in [0.717, 1.165) is 0 Å². The first-order valence-corrected chi connectivity index (χ1v) is 3.33. The molecule has 0 aromatic rings. The topological polar surface area (TPSA) is 69.6 Å². The predicted molar refractivity (Wildman–Crippen MR) is 37.2 cm³/mol. The van der Waals surface area contributed by atoms with E-state index in [1.807, 2.05) is 0 Å². The van der Waals surface area contributed by atoms with E-state index >= 15 is 0 Å². The van der Waals surface area contributed by atoms with Crippen LogP contribution in [0.25, 0.3) is 0 Å². The van der Waals surface area contributed by atoms with Crippen LogP contribution in [0.4, 0.5) is 4.79 Å². The van der Waals surface area contributed by atoms with Crippen LogP contribution in [-0.4, -0.2) is 42.1 Å². The average Bonchev–Trinajstić information content (AvgIpc) is 1.94. The Balaban J connectivity index is 2.52. The Morgan fingerprint density at radius 1 is 1.82 bits per heavy atom. The summed E-state index contributed by atoms with van der Waals surface area (Å²) >= 11 is 0. The second kappa shape index (κ2) is 2.77. The lowest BCUT2D eigenvalue weighted by molar-refractivity contribution is -0.142. The highest BCUT2D eigenvalue weighted by atomic mass is 16.4. The van der Waals surface area contributed by atoms with Crippen LogP contribution >= 0.6 is 0 Å². The Bertz CT molecular complexity index is 192. The highest BCUT2D eigenvalue weighted by molar-refractivity contribution is 5.79. The first-order valence-electron chi connectivity index (χ1n) is 3.33. The van der Waals surface area contributed by atoms with Crippen LogP contribution in [0.5, 0.6) is 0 Å². The van der Waals surface area contributed by atoms with Gasteiger partial charge >= 0.3 is 12.0 Å². The minimum absolute atomic E-state index is 0.206. The van der Waals surface area contributed by atoms with Gasteiger partial charge in [-0.2, -0.15) is 0 Å². The van der Waals surface area contributed by atoms with E-state index in [1.54, 1.807) is 7.05 Å². The van der Waals surface area contributed by atoms with Crippen LogP contribution in [0, 0.1) is 5.92 Å². The van der Waals surface area contributed by atoms with Crippen LogP contribution in [0.2, 0.25) is 0 Å². The zero-order chi connectivity index (χ0) is 8.43. The lowest BCUT2D eigenvalue weighted by atomic mass is 10.1. The van der Waals surface area contributed by atoms with E-state index in [9.17, 15) is 9.59 Å². The van der Waals surface area contributed by atoms with Gasteiger partial charge in [0.05, 0.1) is 5.92 Å². The van der Waals surface area contributed by atoms with Crippen LogP contribution in [0.1, 0.15) is 0 Å². The number of carboxylic acid groups (broad SMARTS) is 1. The molecule has 0 bridgehead atoms. The Kier molecular flexibility index (Phi) is 1.98. The van der Waals surface area contributed by atoms with Crippen LogP contribution in [0.3, 0.4) is 0 Å². The summed E-state index contributed by atoms with van der Waals surface area (Å²) in [6.07, 6.45) is 0. The fraction of sp³-hybridized carbons (Fsp3) is 0.667. The van der Waals surface area contributed by atoms with Gasteiger partial charge < -0.3 is 15.3 Å². The van der Waals surface area contributed by atoms with Crippen LogP contribution in [-0.2, 0) is 4.79 Å². The minimum atomic E-state index is -0.864. The first-order chi connectivity index (χ1) is 5.11. The molecule has 2 amide bonds. The molecule has 0 radical (unpaired) electrons. The highest BCUT2D eigenvalue weighted by Gasteiger charge is 2.26. The van der Waals surface area contributed by atoms with Gasteiger partial charge in [-0.1, -0.05) is 0 Å². The summed E-state index contributed by atoms with van der Waals surface area (Å²) in [5, 5.41) is 11.0. The van der Waals surface area contributed by atoms with E-state index in [4.69, 9.17) is 5.11 Å². The molecule has 0 aromatic heterocycles. The summed E-state index contributed by atoms with van der Waals surface area (Å²) < 4.78 is 0. The summed E-state index contributed by atoms with van der Waals surface area (Å²) in [5.74, 6) is -1.34. The van der Waals surface area contributed by atoms with Crippen molar-refractivity contribution in [2.45, 2.75) is 0 Å². The van der Waals surface area contributed by atoms with Gasteiger partial charge in [0.1, 0.15) is 0 Å².